The van der Waals surface area contributed by atoms with E-state index in [0.29, 0.717) is 17.2 Å². The third-order valence-electron chi connectivity index (χ3n) is 7.27. The number of halogens is 4. The van der Waals surface area contributed by atoms with Crippen molar-refractivity contribution in [2.75, 3.05) is 7.11 Å². The Bertz CT molecular complexity index is 1170. The van der Waals surface area contributed by atoms with Gasteiger partial charge < -0.3 is 4.74 Å². The maximum absolute atomic E-state index is 15.2. The average molecular weight is 497 g/mol. The lowest BCUT2D eigenvalue weighted by molar-refractivity contribution is -0.140. The van der Waals surface area contributed by atoms with Crippen LogP contribution >= 0.6 is 0 Å². The largest absolute Gasteiger partial charge is 0.497 e. The molecular weight excluding hydrogens is 464 g/mol. The summed E-state index contributed by atoms with van der Waals surface area (Å²) in [5.41, 5.74) is 0.871. The number of hydrogen-bond donors (Lipinski definition) is 0. The quantitative estimate of drug-likeness (QED) is 0.234. The van der Waals surface area contributed by atoms with Crippen molar-refractivity contribution in [3.05, 3.63) is 88.7 Å². The summed E-state index contributed by atoms with van der Waals surface area (Å²) >= 11 is 0. The van der Waals surface area contributed by atoms with Crippen LogP contribution in [-0.4, -0.2) is 7.11 Å². The van der Waals surface area contributed by atoms with Gasteiger partial charge in [0.1, 0.15) is 11.6 Å². The third-order valence-corrected chi connectivity index (χ3v) is 7.27. The molecule has 0 amide bonds. The molecular formula is C31H32F4O. The van der Waals surface area contributed by atoms with E-state index in [-0.39, 0.29) is 11.1 Å². The van der Waals surface area contributed by atoms with Gasteiger partial charge in [-0.25, -0.2) is 4.39 Å². The molecule has 1 aliphatic rings. The molecule has 0 unspecified atom stereocenters. The molecule has 0 atom stereocenters. The topological polar surface area (TPSA) is 9.23 Å². The molecule has 5 heteroatoms. The van der Waals surface area contributed by atoms with Crippen LogP contribution in [0.2, 0.25) is 0 Å². The van der Waals surface area contributed by atoms with Gasteiger partial charge in [-0.3, -0.25) is 0 Å². The minimum atomic E-state index is -4.83. The van der Waals surface area contributed by atoms with E-state index in [0.717, 1.165) is 11.5 Å². The minimum absolute atomic E-state index is 0.0971. The molecule has 1 aliphatic carbocycles. The first-order chi connectivity index (χ1) is 17.3. The van der Waals surface area contributed by atoms with Crippen LogP contribution in [0.15, 0.2) is 60.7 Å². The van der Waals surface area contributed by atoms with E-state index in [9.17, 15) is 13.2 Å². The van der Waals surface area contributed by atoms with E-state index in [1.807, 2.05) is 12.1 Å². The Balaban J connectivity index is 1.54. The minimum Gasteiger partial charge on any atom is -0.497 e. The highest BCUT2D eigenvalue weighted by molar-refractivity contribution is 5.75. The maximum atomic E-state index is 15.2. The van der Waals surface area contributed by atoms with Crippen LogP contribution < -0.4 is 4.74 Å². The van der Waals surface area contributed by atoms with Crippen LogP contribution in [0.1, 0.15) is 73.6 Å². The number of methoxy groups -OCH3 is 1. The fraction of sp³-hybridized carbons (Fsp3) is 0.355. The summed E-state index contributed by atoms with van der Waals surface area (Å²) in [4.78, 5) is 0. The Morgan fingerprint density at radius 2 is 1.53 bits per heavy atom. The van der Waals surface area contributed by atoms with Crippen LogP contribution in [0.3, 0.4) is 0 Å². The van der Waals surface area contributed by atoms with E-state index < -0.39 is 17.6 Å². The van der Waals surface area contributed by atoms with Crippen molar-refractivity contribution in [3.8, 4) is 16.9 Å². The molecule has 0 spiro atoms. The molecule has 190 valence electrons. The van der Waals surface area contributed by atoms with Gasteiger partial charge in [-0.2, -0.15) is 13.2 Å². The van der Waals surface area contributed by atoms with E-state index in [1.54, 1.807) is 30.3 Å². The molecule has 3 aromatic rings. The smallest absolute Gasteiger partial charge is 0.419 e. The standard InChI is InChI=1S/C31H32F4O/c1-3-4-21-5-10-23(11-6-21)24-12-7-22(8-13-24)9-14-26-17-20-28(30(32)29(26)31(33,34)35)25-15-18-27(36-2)19-16-25/h7-9,12-21,23H,3-6,10-11H2,1-2H3. The summed E-state index contributed by atoms with van der Waals surface area (Å²) in [5.74, 6) is 0.661. The second-order valence-corrected chi connectivity index (χ2v) is 9.62. The van der Waals surface area contributed by atoms with Gasteiger partial charge in [-0.05, 0) is 71.9 Å². The molecule has 1 saturated carbocycles. The lowest BCUT2D eigenvalue weighted by Crippen LogP contribution is -2.13. The van der Waals surface area contributed by atoms with Crippen LogP contribution in [0.4, 0.5) is 17.6 Å². The van der Waals surface area contributed by atoms with Crippen molar-refractivity contribution < 1.29 is 22.3 Å². The van der Waals surface area contributed by atoms with E-state index >= 15 is 4.39 Å². The molecule has 0 radical (unpaired) electrons. The molecule has 36 heavy (non-hydrogen) atoms. The van der Waals surface area contributed by atoms with E-state index in [1.165, 1.54) is 69.4 Å². The molecule has 0 N–H and O–H groups in total. The highest BCUT2D eigenvalue weighted by Gasteiger charge is 2.37. The Hall–Kier alpha value is -3.08. The second kappa shape index (κ2) is 11.3. The summed E-state index contributed by atoms with van der Waals surface area (Å²) in [7, 11) is 1.49. The number of benzene rings is 3. The van der Waals surface area contributed by atoms with Crippen molar-refractivity contribution >= 4 is 12.2 Å². The molecule has 1 fully saturated rings. The summed E-state index contributed by atoms with van der Waals surface area (Å²) in [5, 5.41) is 0. The van der Waals surface area contributed by atoms with Crippen LogP contribution in [0.25, 0.3) is 23.3 Å². The first-order valence-corrected chi connectivity index (χ1v) is 12.6. The number of ether oxygens (including phenoxy) is 1. The fourth-order valence-corrected chi connectivity index (χ4v) is 5.27. The Morgan fingerprint density at radius 1 is 0.861 bits per heavy atom. The molecule has 4 rings (SSSR count). The Morgan fingerprint density at radius 3 is 2.11 bits per heavy atom. The predicted octanol–water partition coefficient (Wildman–Crippen LogP) is 9.76. The average Bonchev–Trinajstić information content (AvgIpc) is 2.88. The van der Waals surface area contributed by atoms with Gasteiger partial charge in [0.2, 0.25) is 0 Å². The van der Waals surface area contributed by atoms with Crippen LogP contribution in [0, 0.1) is 11.7 Å². The van der Waals surface area contributed by atoms with E-state index in [2.05, 4.69) is 19.1 Å². The SMILES string of the molecule is CCCC1CCC(c2ccc(C=Cc3ccc(-c4ccc(OC)cc4)c(F)c3C(F)(F)F)cc2)CC1. The first-order valence-electron chi connectivity index (χ1n) is 12.6. The number of hydrogen-bond acceptors (Lipinski definition) is 1. The highest BCUT2D eigenvalue weighted by Crippen LogP contribution is 2.40. The summed E-state index contributed by atoms with van der Waals surface area (Å²) in [6.07, 6.45) is 5.57. The molecule has 3 aromatic carbocycles. The van der Waals surface area contributed by atoms with Gasteiger partial charge >= 0.3 is 6.18 Å². The molecule has 0 saturated heterocycles. The number of rotatable bonds is 7. The molecule has 0 bridgehead atoms. The highest BCUT2D eigenvalue weighted by atomic mass is 19.4. The van der Waals surface area contributed by atoms with Crippen molar-refractivity contribution in [2.45, 2.75) is 57.5 Å². The normalized spacial score (nSPS) is 18.5. The van der Waals surface area contributed by atoms with Crippen molar-refractivity contribution in [3.63, 3.8) is 0 Å². The zero-order valence-electron chi connectivity index (χ0n) is 20.7. The van der Waals surface area contributed by atoms with Gasteiger partial charge in [0, 0.05) is 5.56 Å². The van der Waals surface area contributed by atoms with Crippen LogP contribution in [-0.2, 0) is 6.18 Å². The summed E-state index contributed by atoms with van der Waals surface area (Å²) in [6, 6.07) is 17.0. The molecule has 0 heterocycles. The maximum Gasteiger partial charge on any atom is 0.419 e. The Kier molecular flexibility index (Phi) is 8.17. The number of alkyl halides is 3. The predicted molar refractivity (Wildman–Crippen MR) is 138 cm³/mol. The van der Waals surface area contributed by atoms with Gasteiger partial charge in [0.05, 0.1) is 12.7 Å². The molecule has 0 aliphatic heterocycles. The Labute approximate surface area is 210 Å². The van der Waals surface area contributed by atoms with Crippen molar-refractivity contribution in [2.24, 2.45) is 5.92 Å². The van der Waals surface area contributed by atoms with Gasteiger partial charge in [0.25, 0.3) is 0 Å². The van der Waals surface area contributed by atoms with Crippen molar-refractivity contribution in [1.29, 1.82) is 0 Å². The lowest BCUT2D eigenvalue weighted by Gasteiger charge is -2.28. The van der Waals surface area contributed by atoms with Gasteiger partial charge in [-0.1, -0.05) is 80.4 Å². The fourth-order valence-electron chi connectivity index (χ4n) is 5.27. The summed E-state index contributed by atoms with van der Waals surface area (Å²) in [6.45, 7) is 2.24. The van der Waals surface area contributed by atoms with Gasteiger partial charge in [-0.15, -0.1) is 0 Å². The molecule has 0 aromatic heterocycles. The zero-order valence-corrected chi connectivity index (χ0v) is 20.7. The lowest BCUT2D eigenvalue weighted by atomic mass is 9.77. The summed E-state index contributed by atoms with van der Waals surface area (Å²) < 4.78 is 61.9. The van der Waals surface area contributed by atoms with Gasteiger partial charge in [0.15, 0.2) is 0 Å². The third kappa shape index (κ3) is 6.00. The van der Waals surface area contributed by atoms with Crippen LogP contribution in [0.5, 0.6) is 5.75 Å². The monoisotopic (exact) mass is 496 g/mol. The second-order valence-electron chi connectivity index (χ2n) is 9.62. The molecule has 1 nitrogen and oxygen atoms in total. The van der Waals surface area contributed by atoms with Crippen molar-refractivity contribution in [1.82, 2.24) is 0 Å². The first kappa shape index (κ1) is 26.0. The zero-order chi connectivity index (χ0) is 25.7. The van der Waals surface area contributed by atoms with E-state index in [4.69, 9.17) is 4.74 Å².